The van der Waals surface area contributed by atoms with Crippen molar-refractivity contribution in [2.24, 2.45) is 0 Å². The SMILES string of the molecule is O=C(CCCc1nc2ccccc2s1)NCCOc1ccc2c(c1)CCC(=O)N2. The zero-order valence-corrected chi connectivity index (χ0v) is 16.9. The quantitative estimate of drug-likeness (QED) is 0.556. The molecule has 4 rings (SSSR count). The highest BCUT2D eigenvalue weighted by Gasteiger charge is 2.15. The first kappa shape index (κ1) is 19.4. The third-order valence-corrected chi connectivity index (χ3v) is 5.89. The van der Waals surface area contributed by atoms with Gasteiger partial charge in [0.25, 0.3) is 0 Å². The number of aryl methyl sites for hydroxylation is 2. The minimum atomic E-state index is 0.0304. The summed E-state index contributed by atoms with van der Waals surface area (Å²) in [7, 11) is 0. The number of aromatic nitrogens is 1. The average molecular weight is 410 g/mol. The van der Waals surface area contributed by atoms with Gasteiger partial charge in [0.05, 0.1) is 21.8 Å². The highest BCUT2D eigenvalue weighted by atomic mass is 32.1. The fourth-order valence-corrected chi connectivity index (χ4v) is 4.33. The van der Waals surface area contributed by atoms with Crippen molar-refractivity contribution < 1.29 is 14.3 Å². The number of ether oxygens (including phenoxy) is 1. The Morgan fingerprint density at radius 3 is 3.00 bits per heavy atom. The van der Waals surface area contributed by atoms with Gasteiger partial charge in [0.15, 0.2) is 0 Å². The van der Waals surface area contributed by atoms with Crippen LogP contribution in [-0.2, 0) is 22.4 Å². The molecule has 0 atom stereocenters. The minimum absolute atomic E-state index is 0.0304. The highest BCUT2D eigenvalue weighted by molar-refractivity contribution is 7.18. The molecule has 2 amide bonds. The van der Waals surface area contributed by atoms with Crippen LogP contribution in [0.1, 0.15) is 29.8 Å². The first-order valence-electron chi connectivity index (χ1n) is 9.84. The summed E-state index contributed by atoms with van der Waals surface area (Å²) in [5, 5.41) is 6.82. The summed E-state index contributed by atoms with van der Waals surface area (Å²) < 4.78 is 6.91. The predicted molar refractivity (Wildman–Crippen MR) is 114 cm³/mol. The Morgan fingerprint density at radius 1 is 1.21 bits per heavy atom. The number of carbonyl (C=O) groups excluding carboxylic acids is 2. The Balaban J connectivity index is 1.14. The number of hydrogen-bond acceptors (Lipinski definition) is 5. The lowest BCUT2D eigenvalue weighted by Gasteiger charge is -2.17. The average Bonchev–Trinajstić information content (AvgIpc) is 3.14. The van der Waals surface area contributed by atoms with Crippen molar-refractivity contribution in [3.8, 4) is 5.75 Å². The van der Waals surface area contributed by atoms with Gasteiger partial charge in [-0.1, -0.05) is 12.1 Å². The van der Waals surface area contributed by atoms with Crippen LogP contribution in [0.4, 0.5) is 5.69 Å². The zero-order valence-electron chi connectivity index (χ0n) is 16.1. The Bertz CT molecular complexity index is 998. The Labute approximate surface area is 173 Å². The van der Waals surface area contributed by atoms with Crippen molar-refractivity contribution in [2.75, 3.05) is 18.5 Å². The molecule has 29 heavy (non-hydrogen) atoms. The van der Waals surface area contributed by atoms with Gasteiger partial charge in [-0.15, -0.1) is 11.3 Å². The van der Waals surface area contributed by atoms with Crippen LogP contribution in [0.5, 0.6) is 5.75 Å². The topological polar surface area (TPSA) is 80.3 Å². The molecule has 2 N–H and O–H groups in total. The van der Waals surface area contributed by atoms with Crippen LogP contribution in [-0.4, -0.2) is 29.9 Å². The second-order valence-electron chi connectivity index (χ2n) is 6.99. The van der Waals surface area contributed by atoms with Gasteiger partial charge in [0, 0.05) is 18.5 Å². The molecule has 1 aromatic heterocycles. The van der Waals surface area contributed by atoms with Crippen LogP contribution < -0.4 is 15.4 Å². The number of thiazole rings is 1. The van der Waals surface area contributed by atoms with Gasteiger partial charge in [0.2, 0.25) is 11.8 Å². The van der Waals surface area contributed by atoms with E-state index in [-0.39, 0.29) is 11.8 Å². The van der Waals surface area contributed by atoms with Crippen molar-refractivity contribution in [2.45, 2.75) is 32.1 Å². The first-order chi connectivity index (χ1) is 14.2. The maximum absolute atomic E-state index is 12.0. The molecule has 0 aliphatic carbocycles. The molecule has 0 saturated carbocycles. The number of anilines is 1. The summed E-state index contributed by atoms with van der Waals surface area (Å²) in [6.07, 6.45) is 3.31. The van der Waals surface area contributed by atoms with Crippen molar-refractivity contribution in [1.82, 2.24) is 10.3 Å². The van der Waals surface area contributed by atoms with E-state index in [9.17, 15) is 9.59 Å². The number of nitrogens with one attached hydrogen (secondary N) is 2. The number of para-hydroxylation sites is 1. The van der Waals surface area contributed by atoms with Crippen LogP contribution in [0, 0.1) is 0 Å². The van der Waals surface area contributed by atoms with E-state index in [1.807, 2.05) is 36.4 Å². The summed E-state index contributed by atoms with van der Waals surface area (Å²) in [6.45, 7) is 0.878. The molecule has 3 aromatic rings. The van der Waals surface area contributed by atoms with Crippen molar-refractivity contribution in [1.29, 1.82) is 0 Å². The van der Waals surface area contributed by atoms with Crippen molar-refractivity contribution in [3.63, 3.8) is 0 Å². The molecule has 0 spiro atoms. The summed E-state index contributed by atoms with van der Waals surface area (Å²) in [5.41, 5.74) is 2.97. The smallest absolute Gasteiger partial charge is 0.224 e. The first-order valence-corrected chi connectivity index (χ1v) is 10.7. The van der Waals surface area contributed by atoms with Gasteiger partial charge in [-0.2, -0.15) is 0 Å². The van der Waals surface area contributed by atoms with E-state index in [0.717, 1.165) is 46.8 Å². The van der Waals surface area contributed by atoms with E-state index >= 15 is 0 Å². The number of amides is 2. The van der Waals surface area contributed by atoms with Gasteiger partial charge in [-0.3, -0.25) is 9.59 Å². The lowest BCUT2D eigenvalue weighted by molar-refractivity contribution is -0.121. The monoisotopic (exact) mass is 409 g/mol. The number of fused-ring (bicyclic) bond motifs is 2. The van der Waals surface area contributed by atoms with Gasteiger partial charge < -0.3 is 15.4 Å². The zero-order chi connectivity index (χ0) is 20.1. The Hall–Kier alpha value is -2.93. The van der Waals surface area contributed by atoms with Crippen LogP contribution in [0.15, 0.2) is 42.5 Å². The standard InChI is InChI=1S/C22H23N3O3S/c26-20(6-3-7-22-25-18-4-1-2-5-19(18)29-22)23-12-13-28-16-9-10-17-15(14-16)8-11-21(27)24-17/h1-2,4-5,9-10,14H,3,6-8,11-13H2,(H,23,26)(H,24,27). The lowest BCUT2D eigenvalue weighted by atomic mass is 10.0. The maximum atomic E-state index is 12.0. The molecule has 150 valence electrons. The Morgan fingerprint density at radius 2 is 2.10 bits per heavy atom. The van der Waals surface area contributed by atoms with Gasteiger partial charge in [-0.25, -0.2) is 4.98 Å². The van der Waals surface area contributed by atoms with E-state index in [1.54, 1.807) is 11.3 Å². The molecule has 2 heterocycles. The van der Waals surface area contributed by atoms with Crippen LogP contribution >= 0.6 is 11.3 Å². The van der Waals surface area contributed by atoms with E-state index in [4.69, 9.17) is 4.74 Å². The Kier molecular flexibility index (Phi) is 6.05. The molecule has 0 unspecified atom stereocenters. The summed E-state index contributed by atoms with van der Waals surface area (Å²) in [6, 6.07) is 13.7. The molecule has 7 heteroatoms. The highest BCUT2D eigenvalue weighted by Crippen LogP contribution is 2.26. The third kappa shape index (κ3) is 5.12. The summed E-state index contributed by atoms with van der Waals surface area (Å²) >= 11 is 1.69. The van der Waals surface area contributed by atoms with Gasteiger partial charge in [0.1, 0.15) is 12.4 Å². The second kappa shape index (κ2) is 9.05. The second-order valence-corrected chi connectivity index (χ2v) is 8.11. The largest absolute Gasteiger partial charge is 0.492 e. The molecular weight excluding hydrogens is 386 g/mol. The number of rotatable bonds is 8. The maximum Gasteiger partial charge on any atom is 0.224 e. The van der Waals surface area contributed by atoms with Crippen molar-refractivity contribution >= 4 is 39.1 Å². The van der Waals surface area contributed by atoms with Crippen LogP contribution in [0.2, 0.25) is 0 Å². The van der Waals surface area contributed by atoms with E-state index in [1.165, 1.54) is 4.70 Å². The molecule has 0 radical (unpaired) electrons. The predicted octanol–water partition coefficient (Wildman–Crippen LogP) is 3.70. The minimum Gasteiger partial charge on any atom is -0.492 e. The molecule has 0 fully saturated rings. The molecule has 1 aliphatic heterocycles. The summed E-state index contributed by atoms with van der Waals surface area (Å²) in [5.74, 6) is 0.838. The lowest BCUT2D eigenvalue weighted by Crippen LogP contribution is -2.28. The fourth-order valence-electron chi connectivity index (χ4n) is 3.32. The van der Waals surface area contributed by atoms with E-state index in [2.05, 4.69) is 21.7 Å². The number of nitrogens with zero attached hydrogens (tertiary/aromatic N) is 1. The number of hydrogen-bond donors (Lipinski definition) is 2. The number of benzene rings is 2. The molecule has 2 aromatic carbocycles. The number of carbonyl (C=O) groups is 2. The van der Waals surface area contributed by atoms with E-state index < -0.39 is 0 Å². The van der Waals surface area contributed by atoms with Crippen LogP contribution in [0.3, 0.4) is 0 Å². The molecule has 1 aliphatic rings. The molecule has 0 bridgehead atoms. The fraction of sp³-hybridized carbons (Fsp3) is 0.318. The third-order valence-electron chi connectivity index (χ3n) is 4.80. The van der Waals surface area contributed by atoms with Gasteiger partial charge in [-0.05, 0) is 55.2 Å². The van der Waals surface area contributed by atoms with Crippen molar-refractivity contribution in [3.05, 3.63) is 53.0 Å². The normalized spacial score (nSPS) is 13.0. The van der Waals surface area contributed by atoms with Gasteiger partial charge >= 0.3 is 0 Å². The molecular formula is C22H23N3O3S. The summed E-state index contributed by atoms with van der Waals surface area (Å²) in [4.78, 5) is 28.0. The molecule has 6 nitrogen and oxygen atoms in total. The molecule has 0 saturated heterocycles. The van der Waals surface area contributed by atoms with E-state index in [0.29, 0.717) is 26.0 Å². The van der Waals surface area contributed by atoms with Crippen LogP contribution in [0.25, 0.3) is 10.2 Å².